The minimum absolute atomic E-state index is 0.0252. The van der Waals surface area contributed by atoms with Crippen LogP contribution in [0.4, 0.5) is 5.69 Å². The Labute approximate surface area is 186 Å². The van der Waals surface area contributed by atoms with Gasteiger partial charge in [-0.15, -0.1) is 0 Å². The van der Waals surface area contributed by atoms with Gasteiger partial charge in [0.15, 0.2) is 0 Å². The smallest absolute Gasteiger partial charge is 0.269 e. The second-order valence-corrected chi connectivity index (χ2v) is 8.86. The molecule has 2 N–H and O–H groups in total. The molecular formula is C24H28N6O2. The van der Waals surface area contributed by atoms with Crippen molar-refractivity contribution in [2.45, 2.75) is 38.3 Å². The molecule has 1 aliphatic carbocycles. The predicted molar refractivity (Wildman–Crippen MR) is 124 cm³/mol. The Bertz CT molecular complexity index is 1200. The Kier molecular flexibility index (Phi) is 5.38. The maximum Gasteiger partial charge on any atom is 0.269 e. The lowest BCUT2D eigenvalue weighted by Gasteiger charge is -2.41. The summed E-state index contributed by atoms with van der Waals surface area (Å²) in [5.74, 6) is 0.237. The molecule has 1 atom stereocenters. The monoisotopic (exact) mass is 432 g/mol. The first-order valence-electron chi connectivity index (χ1n) is 11.2. The fraction of sp³-hybridized carbons (Fsp3) is 0.417. The number of fused-ring (bicyclic) bond motifs is 1. The van der Waals surface area contributed by atoms with Crippen LogP contribution in [0.5, 0.6) is 0 Å². The molecule has 2 fully saturated rings. The first kappa shape index (κ1) is 20.6. The highest BCUT2D eigenvalue weighted by molar-refractivity contribution is 5.92. The lowest BCUT2D eigenvalue weighted by atomic mass is 10.1. The molecule has 3 aromatic heterocycles. The number of aromatic amines is 1. The van der Waals surface area contributed by atoms with Crippen LogP contribution < -0.4 is 15.8 Å². The highest BCUT2D eigenvalue weighted by Gasteiger charge is 2.27. The van der Waals surface area contributed by atoms with Gasteiger partial charge in [0.1, 0.15) is 5.69 Å². The number of carbonyl (C=O) groups excluding carboxylic acids is 1. The van der Waals surface area contributed by atoms with Gasteiger partial charge in [-0.2, -0.15) is 0 Å². The SMILES string of the molecule is CNC(=O)c1ccc(N2CCN(Cc3cnc4cc(C5CC5)c(=O)[nH]c4c3)C[C@@H]2C)cn1. The normalized spacial score (nSPS) is 19.3. The Hall–Kier alpha value is -3.26. The van der Waals surface area contributed by atoms with E-state index in [0.29, 0.717) is 17.7 Å². The fourth-order valence-electron chi connectivity index (χ4n) is 4.56. The van der Waals surface area contributed by atoms with Gasteiger partial charge in [0, 0.05) is 51.0 Å². The zero-order chi connectivity index (χ0) is 22.2. The number of hydrogen-bond donors (Lipinski definition) is 2. The molecule has 0 unspecified atom stereocenters. The number of pyridine rings is 3. The summed E-state index contributed by atoms with van der Waals surface area (Å²) in [6.07, 6.45) is 5.90. The van der Waals surface area contributed by atoms with E-state index >= 15 is 0 Å². The average Bonchev–Trinajstić information content (AvgIpc) is 3.64. The molecule has 8 heteroatoms. The molecule has 32 heavy (non-hydrogen) atoms. The van der Waals surface area contributed by atoms with Crippen molar-refractivity contribution in [3.63, 3.8) is 0 Å². The third-order valence-electron chi connectivity index (χ3n) is 6.45. The van der Waals surface area contributed by atoms with Gasteiger partial charge in [-0.25, -0.2) is 4.98 Å². The Balaban J connectivity index is 1.25. The molecule has 8 nitrogen and oxygen atoms in total. The van der Waals surface area contributed by atoms with Crippen LogP contribution in [-0.4, -0.2) is 58.5 Å². The van der Waals surface area contributed by atoms with Crippen molar-refractivity contribution < 1.29 is 4.79 Å². The van der Waals surface area contributed by atoms with E-state index in [0.717, 1.165) is 66.9 Å². The Morgan fingerprint density at radius 2 is 2.03 bits per heavy atom. The van der Waals surface area contributed by atoms with E-state index in [1.54, 1.807) is 19.3 Å². The van der Waals surface area contributed by atoms with E-state index in [4.69, 9.17) is 0 Å². The van der Waals surface area contributed by atoms with Crippen molar-refractivity contribution in [3.05, 3.63) is 63.8 Å². The van der Waals surface area contributed by atoms with E-state index in [1.807, 2.05) is 18.3 Å². The zero-order valence-electron chi connectivity index (χ0n) is 18.5. The number of amides is 1. The van der Waals surface area contributed by atoms with Crippen LogP contribution in [0.15, 0.2) is 41.5 Å². The molecule has 0 radical (unpaired) electrons. The second kappa shape index (κ2) is 8.35. The topological polar surface area (TPSA) is 94.2 Å². The molecule has 1 amide bonds. The van der Waals surface area contributed by atoms with E-state index < -0.39 is 0 Å². The lowest BCUT2D eigenvalue weighted by molar-refractivity contribution is 0.0958. The maximum atomic E-state index is 12.4. The molecule has 1 aliphatic heterocycles. The van der Waals surface area contributed by atoms with Gasteiger partial charge in [-0.3, -0.25) is 19.5 Å². The predicted octanol–water partition coefficient (Wildman–Crippen LogP) is 2.27. The van der Waals surface area contributed by atoms with E-state index in [-0.39, 0.29) is 11.5 Å². The first-order valence-corrected chi connectivity index (χ1v) is 11.2. The molecule has 0 spiro atoms. The number of nitrogens with one attached hydrogen (secondary N) is 2. The molecule has 166 valence electrons. The van der Waals surface area contributed by atoms with Crippen LogP contribution >= 0.6 is 0 Å². The summed E-state index contributed by atoms with van der Waals surface area (Å²) in [6.45, 7) is 5.70. The minimum Gasteiger partial charge on any atom is -0.365 e. The average molecular weight is 433 g/mol. The van der Waals surface area contributed by atoms with Gasteiger partial charge in [-0.05, 0) is 55.5 Å². The zero-order valence-corrected chi connectivity index (χ0v) is 18.5. The van der Waals surface area contributed by atoms with Crippen molar-refractivity contribution in [2.75, 3.05) is 31.6 Å². The minimum atomic E-state index is -0.177. The molecule has 0 bridgehead atoms. The number of anilines is 1. The number of aromatic nitrogens is 3. The van der Waals surface area contributed by atoms with Crippen LogP contribution in [0.25, 0.3) is 11.0 Å². The molecule has 1 saturated carbocycles. The molecule has 1 saturated heterocycles. The standard InChI is InChI=1S/C24H28N6O2/c1-15-13-29(7-8-30(15)18-5-6-20(27-12-18)24(32)25-2)14-16-9-22-21(26-11-16)10-19(17-3-4-17)23(31)28-22/h5-6,9-12,15,17H,3-4,7-8,13-14H2,1-2H3,(H,25,32)(H,28,31)/t15-/m0/s1. The molecule has 4 heterocycles. The number of hydrogen-bond acceptors (Lipinski definition) is 6. The molecule has 0 aromatic carbocycles. The largest absolute Gasteiger partial charge is 0.365 e. The van der Waals surface area contributed by atoms with Crippen molar-refractivity contribution in [1.29, 1.82) is 0 Å². The Morgan fingerprint density at radius 1 is 1.19 bits per heavy atom. The quantitative estimate of drug-likeness (QED) is 0.642. The van der Waals surface area contributed by atoms with Gasteiger partial charge in [0.2, 0.25) is 0 Å². The summed E-state index contributed by atoms with van der Waals surface area (Å²) in [4.78, 5) is 40.8. The highest BCUT2D eigenvalue weighted by atomic mass is 16.1. The summed E-state index contributed by atoms with van der Waals surface area (Å²) in [5.41, 5.74) is 5.13. The number of nitrogens with zero attached hydrogens (tertiary/aromatic N) is 4. The van der Waals surface area contributed by atoms with E-state index in [1.165, 1.54) is 0 Å². The van der Waals surface area contributed by atoms with Gasteiger partial charge in [0.25, 0.3) is 11.5 Å². The highest BCUT2D eigenvalue weighted by Crippen LogP contribution is 2.38. The summed E-state index contributed by atoms with van der Waals surface area (Å²) in [6, 6.07) is 8.05. The van der Waals surface area contributed by atoms with E-state index in [9.17, 15) is 9.59 Å². The maximum absolute atomic E-state index is 12.4. The van der Waals surface area contributed by atoms with Crippen molar-refractivity contribution in [3.8, 4) is 0 Å². The Morgan fingerprint density at radius 3 is 2.72 bits per heavy atom. The number of rotatable bonds is 5. The molecule has 5 rings (SSSR count). The third-order valence-corrected chi connectivity index (χ3v) is 6.45. The summed E-state index contributed by atoms with van der Waals surface area (Å²) in [7, 11) is 1.60. The van der Waals surface area contributed by atoms with Crippen LogP contribution in [0.1, 0.15) is 47.3 Å². The van der Waals surface area contributed by atoms with Crippen LogP contribution in [0.3, 0.4) is 0 Å². The lowest BCUT2D eigenvalue weighted by Crippen LogP contribution is -2.51. The first-order chi connectivity index (χ1) is 15.5. The van der Waals surface area contributed by atoms with Crippen LogP contribution in [0, 0.1) is 0 Å². The second-order valence-electron chi connectivity index (χ2n) is 8.86. The van der Waals surface area contributed by atoms with Gasteiger partial charge >= 0.3 is 0 Å². The van der Waals surface area contributed by atoms with Gasteiger partial charge in [-0.1, -0.05) is 0 Å². The molecular weight excluding hydrogens is 404 g/mol. The van der Waals surface area contributed by atoms with Gasteiger partial charge in [0.05, 0.1) is 22.9 Å². The fourth-order valence-corrected chi connectivity index (χ4v) is 4.56. The van der Waals surface area contributed by atoms with Crippen molar-refractivity contribution in [2.24, 2.45) is 0 Å². The number of H-pyrrole nitrogens is 1. The number of piperazine rings is 1. The summed E-state index contributed by atoms with van der Waals surface area (Å²) in [5, 5.41) is 2.60. The van der Waals surface area contributed by atoms with Crippen molar-refractivity contribution >= 4 is 22.6 Å². The van der Waals surface area contributed by atoms with Crippen LogP contribution in [0.2, 0.25) is 0 Å². The van der Waals surface area contributed by atoms with Crippen molar-refractivity contribution in [1.82, 2.24) is 25.2 Å². The number of carbonyl (C=O) groups is 1. The van der Waals surface area contributed by atoms with Crippen LogP contribution in [-0.2, 0) is 6.54 Å². The molecule has 2 aliphatic rings. The van der Waals surface area contributed by atoms with Gasteiger partial charge < -0.3 is 15.2 Å². The summed E-state index contributed by atoms with van der Waals surface area (Å²) >= 11 is 0. The molecule has 3 aromatic rings. The van der Waals surface area contributed by atoms with E-state index in [2.05, 4.69) is 43.1 Å². The summed E-state index contributed by atoms with van der Waals surface area (Å²) < 4.78 is 0. The third kappa shape index (κ3) is 4.10.